The Balaban J connectivity index is 1.97. The largest absolute Gasteiger partial charge is 0.508 e. The van der Waals surface area contributed by atoms with E-state index < -0.39 is 0 Å². The number of phenols is 1. The molecule has 0 atom stereocenters. The SMILES string of the molecule is CCCN(CCC)c1ccc(-c2coc3cc(O)ccc3c2=O)cc1. The minimum absolute atomic E-state index is 0.0830. The van der Waals surface area contributed by atoms with Crippen molar-refractivity contribution in [1.82, 2.24) is 0 Å². The predicted octanol–water partition coefficient (Wildman–Crippen LogP) is 4.79. The summed E-state index contributed by atoms with van der Waals surface area (Å²) in [5, 5.41) is 9.98. The molecule has 3 aromatic rings. The molecule has 3 rings (SSSR count). The van der Waals surface area contributed by atoms with Crippen molar-refractivity contribution in [3.8, 4) is 16.9 Å². The lowest BCUT2D eigenvalue weighted by atomic mass is 10.0. The van der Waals surface area contributed by atoms with Gasteiger partial charge in [0.1, 0.15) is 17.6 Å². The highest BCUT2D eigenvalue weighted by atomic mass is 16.3. The molecule has 0 spiro atoms. The Kier molecular flexibility index (Phi) is 5.08. The van der Waals surface area contributed by atoms with E-state index in [1.165, 1.54) is 24.1 Å². The molecule has 4 heteroatoms. The summed E-state index contributed by atoms with van der Waals surface area (Å²) in [6.45, 7) is 6.40. The smallest absolute Gasteiger partial charge is 0.200 e. The van der Waals surface area contributed by atoms with Crippen LogP contribution in [0.4, 0.5) is 5.69 Å². The van der Waals surface area contributed by atoms with Crippen LogP contribution in [0, 0.1) is 0 Å². The monoisotopic (exact) mass is 337 g/mol. The van der Waals surface area contributed by atoms with E-state index in [1.807, 2.05) is 12.1 Å². The maximum absolute atomic E-state index is 12.7. The van der Waals surface area contributed by atoms with Crippen LogP contribution >= 0.6 is 0 Å². The minimum atomic E-state index is -0.0898. The zero-order valence-corrected chi connectivity index (χ0v) is 14.7. The van der Waals surface area contributed by atoms with Gasteiger partial charge in [0.25, 0.3) is 0 Å². The number of phenolic OH excluding ortho intramolecular Hbond substituents is 1. The van der Waals surface area contributed by atoms with E-state index in [2.05, 4.69) is 30.9 Å². The zero-order chi connectivity index (χ0) is 17.8. The van der Waals surface area contributed by atoms with Gasteiger partial charge in [-0.1, -0.05) is 26.0 Å². The quantitative estimate of drug-likeness (QED) is 0.702. The Bertz CT molecular complexity index is 907. The molecule has 130 valence electrons. The number of anilines is 1. The zero-order valence-electron chi connectivity index (χ0n) is 14.7. The van der Waals surface area contributed by atoms with Crippen molar-refractivity contribution in [2.24, 2.45) is 0 Å². The molecular formula is C21H23NO3. The van der Waals surface area contributed by atoms with E-state index in [0.717, 1.165) is 31.5 Å². The first-order valence-corrected chi connectivity index (χ1v) is 8.74. The van der Waals surface area contributed by atoms with E-state index in [9.17, 15) is 9.90 Å². The van der Waals surface area contributed by atoms with Crippen LogP contribution in [0.1, 0.15) is 26.7 Å². The molecule has 2 aromatic carbocycles. The number of hydrogen-bond acceptors (Lipinski definition) is 4. The van der Waals surface area contributed by atoms with Crippen molar-refractivity contribution in [2.45, 2.75) is 26.7 Å². The average Bonchev–Trinajstić information content (AvgIpc) is 2.62. The summed E-state index contributed by atoms with van der Waals surface area (Å²) in [5.74, 6) is 0.0830. The predicted molar refractivity (Wildman–Crippen MR) is 102 cm³/mol. The second-order valence-corrected chi connectivity index (χ2v) is 6.19. The molecular weight excluding hydrogens is 314 g/mol. The van der Waals surface area contributed by atoms with Crippen LogP contribution in [-0.4, -0.2) is 18.2 Å². The van der Waals surface area contributed by atoms with Gasteiger partial charge < -0.3 is 14.4 Å². The Morgan fingerprint density at radius 2 is 1.68 bits per heavy atom. The van der Waals surface area contributed by atoms with E-state index in [4.69, 9.17) is 4.42 Å². The second-order valence-electron chi connectivity index (χ2n) is 6.19. The lowest BCUT2D eigenvalue weighted by Gasteiger charge is -2.23. The number of aromatic hydroxyl groups is 1. The van der Waals surface area contributed by atoms with Gasteiger partial charge >= 0.3 is 0 Å². The topological polar surface area (TPSA) is 53.7 Å². The van der Waals surface area contributed by atoms with Gasteiger partial charge in [-0.15, -0.1) is 0 Å². The van der Waals surface area contributed by atoms with E-state index >= 15 is 0 Å². The number of nitrogens with zero attached hydrogens (tertiary/aromatic N) is 1. The van der Waals surface area contributed by atoms with Crippen molar-refractivity contribution in [3.63, 3.8) is 0 Å². The Morgan fingerprint density at radius 1 is 1.00 bits per heavy atom. The van der Waals surface area contributed by atoms with E-state index in [0.29, 0.717) is 16.5 Å². The third-order valence-electron chi connectivity index (χ3n) is 4.29. The van der Waals surface area contributed by atoms with Gasteiger partial charge in [0.05, 0.1) is 10.9 Å². The standard InChI is InChI=1S/C21H23NO3/c1-3-11-22(12-4-2)16-7-5-15(6-8-16)19-14-25-20-13-17(23)9-10-18(20)21(19)24/h5-10,13-14,23H,3-4,11-12H2,1-2H3. The Hall–Kier alpha value is -2.75. The maximum atomic E-state index is 12.7. The molecule has 0 amide bonds. The molecule has 0 saturated heterocycles. The van der Waals surface area contributed by atoms with E-state index in [-0.39, 0.29) is 11.2 Å². The molecule has 25 heavy (non-hydrogen) atoms. The van der Waals surface area contributed by atoms with E-state index in [1.54, 1.807) is 6.07 Å². The van der Waals surface area contributed by atoms with Crippen molar-refractivity contribution in [2.75, 3.05) is 18.0 Å². The lowest BCUT2D eigenvalue weighted by Crippen LogP contribution is -2.24. The van der Waals surface area contributed by atoms with Gasteiger partial charge in [-0.2, -0.15) is 0 Å². The highest BCUT2D eigenvalue weighted by Gasteiger charge is 2.11. The molecule has 1 aromatic heterocycles. The molecule has 4 nitrogen and oxygen atoms in total. The molecule has 0 aliphatic carbocycles. The first-order chi connectivity index (χ1) is 12.1. The van der Waals surface area contributed by atoms with Crippen LogP contribution < -0.4 is 10.3 Å². The fourth-order valence-corrected chi connectivity index (χ4v) is 3.08. The maximum Gasteiger partial charge on any atom is 0.200 e. The first kappa shape index (κ1) is 17.1. The molecule has 0 radical (unpaired) electrons. The minimum Gasteiger partial charge on any atom is -0.508 e. The number of hydrogen-bond donors (Lipinski definition) is 1. The lowest BCUT2D eigenvalue weighted by molar-refractivity contribution is 0.474. The molecule has 0 bridgehead atoms. The molecule has 1 heterocycles. The highest BCUT2D eigenvalue weighted by Crippen LogP contribution is 2.25. The normalized spacial score (nSPS) is 11.0. The Labute approximate surface area is 147 Å². The summed E-state index contributed by atoms with van der Waals surface area (Å²) in [6, 6.07) is 12.6. The third kappa shape index (κ3) is 3.53. The summed E-state index contributed by atoms with van der Waals surface area (Å²) in [4.78, 5) is 15.1. The van der Waals surface area contributed by atoms with Crippen molar-refractivity contribution >= 4 is 16.7 Å². The van der Waals surface area contributed by atoms with Crippen molar-refractivity contribution < 1.29 is 9.52 Å². The van der Waals surface area contributed by atoms with Crippen molar-refractivity contribution in [1.29, 1.82) is 0 Å². The second kappa shape index (κ2) is 7.43. The van der Waals surface area contributed by atoms with Crippen LogP contribution in [0.25, 0.3) is 22.1 Å². The molecule has 1 N–H and O–H groups in total. The van der Waals surface area contributed by atoms with Crippen LogP contribution in [0.3, 0.4) is 0 Å². The number of fused-ring (bicyclic) bond motifs is 1. The van der Waals surface area contributed by atoms with Gasteiger partial charge in [0.2, 0.25) is 0 Å². The van der Waals surface area contributed by atoms with Gasteiger partial charge in [-0.3, -0.25) is 4.79 Å². The fraction of sp³-hybridized carbons (Fsp3) is 0.286. The summed E-state index contributed by atoms with van der Waals surface area (Å²) in [6.07, 6.45) is 3.67. The summed E-state index contributed by atoms with van der Waals surface area (Å²) in [7, 11) is 0. The fourth-order valence-electron chi connectivity index (χ4n) is 3.08. The van der Waals surface area contributed by atoms with Crippen molar-refractivity contribution in [3.05, 3.63) is 59.0 Å². The molecule has 0 aliphatic heterocycles. The molecule has 0 fully saturated rings. The number of rotatable bonds is 6. The summed E-state index contributed by atoms with van der Waals surface area (Å²) < 4.78 is 5.54. The first-order valence-electron chi connectivity index (χ1n) is 8.74. The van der Waals surface area contributed by atoms with Crippen LogP contribution in [-0.2, 0) is 0 Å². The average molecular weight is 337 g/mol. The summed E-state index contributed by atoms with van der Waals surface area (Å²) in [5.41, 5.74) is 2.83. The van der Waals surface area contributed by atoms with Gasteiger partial charge in [-0.05, 0) is 42.7 Å². The number of benzene rings is 2. The van der Waals surface area contributed by atoms with Crippen LogP contribution in [0.5, 0.6) is 5.75 Å². The highest BCUT2D eigenvalue weighted by molar-refractivity contribution is 5.82. The third-order valence-corrected chi connectivity index (χ3v) is 4.29. The van der Waals surface area contributed by atoms with Gasteiger partial charge in [0, 0.05) is 24.8 Å². The molecule has 0 saturated carbocycles. The molecule has 0 aliphatic rings. The van der Waals surface area contributed by atoms with Crippen LogP contribution in [0.15, 0.2) is 57.9 Å². The van der Waals surface area contributed by atoms with Gasteiger partial charge in [-0.25, -0.2) is 0 Å². The Morgan fingerprint density at radius 3 is 2.32 bits per heavy atom. The molecule has 0 unspecified atom stereocenters. The van der Waals surface area contributed by atoms with Crippen LogP contribution in [0.2, 0.25) is 0 Å². The van der Waals surface area contributed by atoms with Gasteiger partial charge in [0.15, 0.2) is 5.43 Å². The summed E-state index contributed by atoms with van der Waals surface area (Å²) >= 11 is 0.